The van der Waals surface area contributed by atoms with Gasteiger partial charge in [-0.05, 0) is 63.0 Å². The molecule has 5 heteroatoms. The number of likely N-dealkylation sites (tertiary alicyclic amines) is 1. The van der Waals surface area contributed by atoms with Crippen LogP contribution in [-0.2, 0) is 6.61 Å². The van der Waals surface area contributed by atoms with Gasteiger partial charge in [0.15, 0.2) is 0 Å². The van der Waals surface area contributed by atoms with Crippen LogP contribution in [0.3, 0.4) is 0 Å². The second-order valence-corrected chi connectivity index (χ2v) is 7.10. The van der Waals surface area contributed by atoms with Crippen molar-refractivity contribution in [1.29, 1.82) is 0 Å². The first kappa shape index (κ1) is 21.3. The Morgan fingerprint density at radius 3 is 2.59 bits per heavy atom. The van der Waals surface area contributed by atoms with Crippen molar-refractivity contribution in [2.24, 2.45) is 5.92 Å². The van der Waals surface area contributed by atoms with E-state index >= 15 is 0 Å². The van der Waals surface area contributed by atoms with Crippen molar-refractivity contribution >= 4 is 18.3 Å². The van der Waals surface area contributed by atoms with E-state index in [4.69, 9.17) is 4.74 Å². The van der Waals surface area contributed by atoms with E-state index < -0.39 is 0 Å². The second kappa shape index (κ2) is 10.3. The minimum absolute atomic E-state index is 0. The highest BCUT2D eigenvalue weighted by Gasteiger charge is 2.23. The van der Waals surface area contributed by atoms with Crippen molar-refractivity contribution in [3.63, 3.8) is 0 Å². The molecule has 1 saturated heterocycles. The number of carbonyl (C=O) groups excluding carboxylic acids is 1. The van der Waals surface area contributed by atoms with Crippen molar-refractivity contribution in [2.45, 2.75) is 26.4 Å². The number of halogens is 1. The number of benzene rings is 2. The van der Waals surface area contributed by atoms with Gasteiger partial charge in [0.1, 0.15) is 12.4 Å². The van der Waals surface area contributed by atoms with Gasteiger partial charge in [-0.1, -0.05) is 35.9 Å². The second-order valence-electron chi connectivity index (χ2n) is 7.10. The SMILES string of the molecule is CNCC1CCN(C(=O)c2cccc(OCc3cccc(C)c3)c2)CC1.Cl. The first-order chi connectivity index (χ1) is 12.7. The number of piperidine rings is 1. The third-order valence-corrected chi connectivity index (χ3v) is 4.96. The summed E-state index contributed by atoms with van der Waals surface area (Å²) in [6, 6.07) is 15.8. The smallest absolute Gasteiger partial charge is 0.253 e. The minimum Gasteiger partial charge on any atom is -0.489 e. The molecule has 1 aliphatic rings. The molecule has 3 rings (SSSR count). The van der Waals surface area contributed by atoms with E-state index in [1.54, 1.807) is 0 Å². The van der Waals surface area contributed by atoms with Crippen LogP contribution < -0.4 is 10.1 Å². The van der Waals surface area contributed by atoms with Crippen LogP contribution in [0.4, 0.5) is 0 Å². The lowest BCUT2D eigenvalue weighted by Gasteiger charge is -2.32. The highest BCUT2D eigenvalue weighted by atomic mass is 35.5. The number of amides is 1. The highest BCUT2D eigenvalue weighted by Crippen LogP contribution is 2.21. The van der Waals surface area contributed by atoms with E-state index in [9.17, 15) is 4.79 Å². The van der Waals surface area contributed by atoms with Gasteiger partial charge in [-0.3, -0.25) is 4.79 Å². The maximum atomic E-state index is 12.8. The van der Waals surface area contributed by atoms with Crippen molar-refractivity contribution in [3.8, 4) is 5.75 Å². The zero-order chi connectivity index (χ0) is 18.4. The first-order valence-corrected chi connectivity index (χ1v) is 9.38. The van der Waals surface area contributed by atoms with Gasteiger partial charge in [-0.25, -0.2) is 0 Å². The van der Waals surface area contributed by atoms with Gasteiger partial charge >= 0.3 is 0 Å². The number of nitrogens with one attached hydrogen (secondary N) is 1. The summed E-state index contributed by atoms with van der Waals surface area (Å²) in [6.07, 6.45) is 2.13. The van der Waals surface area contributed by atoms with Gasteiger partial charge in [0.25, 0.3) is 5.91 Å². The normalized spacial score (nSPS) is 14.5. The fraction of sp³-hybridized carbons (Fsp3) is 0.409. The molecule has 146 valence electrons. The summed E-state index contributed by atoms with van der Waals surface area (Å²) >= 11 is 0. The fourth-order valence-electron chi connectivity index (χ4n) is 3.50. The van der Waals surface area contributed by atoms with Gasteiger partial charge in [-0.2, -0.15) is 0 Å². The molecule has 4 nitrogen and oxygen atoms in total. The van der Waals surface area contributed by atoms with Crippen LogP contribution in [0.5, 0.6) is 5.75 Å². The molecule has 0 aromatic heterocycles. The Hall–Kier alpha value is -2.04. The lowest BCUT2D eigenvalue weighted by molar-refractivity contribution is 0.0690. The average molecular weight is 389 g/mol. The summed E-state index contributed by atoms with van der Waals surface area (Å²) < 4.78 is 5.90. The lowest BCUT2D eigenvalue weighted by atomic mass is 9.96. The van der Waals surface area contributed by atoms with E-state index in [0.29, 0.717) is 18.1 Å². The maximum Gasteiger partial charge on any atom is 0.253 e. The molecule has 0 unspecified atom stereocenters. The Kier molecular flexibility index (Phi) is 8.14. The lowest BCUT2D eigenvalue weighted by Crippen LogP contribution is -2.40. The number of aryl methyl sites for hydroxylation is 1. The number of hydrogen-bond acceptors (Lipinski definition) is 3. The molecule has 1 fully saturated rings. The van der Waals surface area contributed by atoms with Gasteiger partial charge in [0.2, 0.25) is 0 Å². The molecule has 0 radical (unpaired) electrons. The Bertz CT molecular complexity index is 743. The fourth-order valence-corrected chi connectivity index (χ4v) is 3.50. The number of carbonyl (C=O) groups is 1. The Morgan fingerprint density at radius 2 is 1.89 bits per heavy atom. The molecule has 1 amide bonds. The molecule has 0 bridgehead atoms. The Balaban J connectivity index is 0.00000261. The molecule has 2 aromatic carbocycles. The third kappa shape index (κ3) is 5.98. The van der Waals surface area contributed by atoms with Crippen molar-refractivity contribution in [2.75, 3.05) is 26.7 Å². The van der Waals surface area contributed by atoms with Crippen LogP contribution in [-0.4, -0.2) is 37.5 Å². The van der Waals surface area contributed by atoms with Crippen molar-refractivity contribution in [3.05, 3.63) is 65.2 Å². The molecular formula is C22H29ClN2O2. The Morgan fingerprint density at radius 1 is 1.15 bits per heavy atom. The predicted molar refractivity (Wildman–Crippen MR) is 112 cm³/mol. The van der Waals surface area contributed by atoms with E-state index in [2.05, 4.69) is 30.4 Å². The molecular weight excluding hydrogens is 360 g/mol. The first-order valence-electron chi connectivity index (χ1n) is 9.38. The number of ether oxygens (including phenoxy) is 1. The summed E-state index contributed by atoms with van der Waals surface area (Å²) in [5, 5.41) is 3.23. The molecule has 27 heavy (non-hydrogen) atoms. The van der Waals surface area contributed by atoms with Crippen molar-refractivity contribution in [1.82, 2.24) is 10.2 Å². The monoisotopic (exact) mass is 388 g/mol. The standard InChI is InChI=1S/C22H28N2O2.ClH/c1-17-5-3-6-19(13-17)16-26-21-8-4-7-20(14-21)22(25)24-11-9-18(10-12-24)15-23-2;/h3-8,13-14,18,23H,9-12,15-16H2,1-2H3;1H. The van der Waals surface area contributed by atoms with Crippen LogP contribution in [0, 0.1) is 12.8 Å². The number of hydrogen-bond donors (Lipinski definition) is 1. The molecule has 0 atom stereocenters. The maximum absolute atomic E-state index is 12.8. The largest absolute Gasteiger partial charge is 0.489 e. The van der Waals surface area contributed by atoms with Gasteiger partial charge in [0.05, 0.1) is 0 Å². The van der Waals surface area contributed by atoms with Crippen LogP contribution in [0.25, 0.3) is 0 Å². The number of rotatable bonds is 6. The molecule has 0 saturated carbocycles. The van der Waals surface area contributed by atoms with Crippen LogP contribution in [0.2, 0.25) is 0 Å². The van der Waals surface area contributed by atoms with Crippen molar-refractivity contribution < 1.29 is 9.53 Å². The van der Waals surface area contributed by atoms with Gasteiger partial charge in [0, 0.05) is 18.7 Å². The van der Waals surface area contributed by atoms with E-state index in [-0.39, 0.29) is 18.3 Å². The average Bonchev–Trinajstić information content (AvgIpc) is 2.67. The quantitative estimate of drug-likeness (QED) is 0.811. The summed E-state index contributed by atoms with van der Waals surface area (Å²) in [4.78, 5) is 14.8. The summed E-state index contributed by atoms with van der Waals surface area (Å²) in [5.41, 5.74) is 3.06. The van der Waals surface area contributed by atoms with Gasteiger partial charge < -0.3 is 15.0 Å². The van der Waals surface area contributed by atoms with Gasteiger partial charge in [-0.15, -0.1) is 12.4 Å². The highest BCUT2D eigenvalue weighted by molar-refractivity contribution is 5.94. The summed E-state index contributed by atoms with van der Waals surface area (Å²) in [7, 11) is 1.99. The van der Waals surface area contributed by atoms with Crippen LogP contribution in [0.1, 0.15) is 34.3 Å². The zero-order valence-corrected chi connectivity index (χ0v) is 16.9. The molecule has 1 N–H and O–H groups in total. The van der Waals surface area contributed by atoms with E-state index in [1.165, 1.54) is 5.56 Å². The summed E-state index contributed by atoms with van der Waals surface area (Å²) in [6.45, 7) is 5.28. The van der Waals surface area contributed by atoms with Crippen LogP contribution in [0.15, 0.2) is 48.5 Å². The molecule has 2 aromatic rings. The minimum atomic E-state index is 0. The third-order valence-electron chi connectivity index (χ3n) is 4.96. The predicted octanol–water partition coefficient (Wildman–Crippen LogP) is 4.07. The van der Waals surface area contributed by atoms with E-state index in [1.807, 2.05) is 42.3 Å². The summed E-state index contributed by atoms with van der Waals surface area (Å²) in [5.74, 6) is 1.52. The molecule has 1 aliphatic heterocycles. The Labute approximate surface area is 168 Å². The zero-order valence-electron chi connectivity index (χ0n) is 16.1. The number of nitrogens with zero attached hydrogens (tertiary/aromatic N) is 1. The van der Waals surface area contributed by atoms with E-state index in [0.717, 1.165) is 43.8 Å². The molecule has 0 aliphatic carbocycles. The van der Waals surface area contributed by atoms with Crippen LogP contribution >= 0.6 is 12.4 Å². The molecule has 1 heterocycles. The topological polar surface area (TPSA) is 41.6 Å². The molecule has 0 spiro atoms.